The molecule has 0 amide bonds. The number of anilines is 2. The number of nitrogens with zero attached hydrogens (tertiary/aromatic N) is 4. The number of benzene rings is 1. The van der Waals surface area contributed by atoms with Gasteiger partial charge in [-0.3, -0.25) is 9.78 Å². The zero-order chi connectivity index (χ0) is 22.0. The molecular weight excluding hydrogens is 402 g/mol. The standard InChI is InChI=1S/C22H16F2N6O/c23-14-2-1-3-15(24)21(14)17-5-4-16(25)22(30-17)19(31)8-12-10-27-7-6-13(12)18-9-20(26)29-11-28-18/h1-7,9-11H,8,25H2,(H2,26,28,29). The van der Waals surface area contributed by atoms with Gasteiger partial charge in [-0.1, -0.05) is 6.07 Å². The first-order valence-electron chi connectivity index (χ1n) is 9.19. The number of pyridine rings is 2. The summed E-state index contributed by atoms with van der Waals surface area (Å²) in [4.78, 5) is 29.3. The van der Waals surface area contributed by atoms with Crippen LogP contribution in [0.5, 0.6) is 0 Å². The molecule has 0 aliphatic heterocycles. The Balaban J connectivity index is 1.71. The van der Waals surface area contributed by atoms with Crippen LogP contribution >= 0.6 is 0 Å². The van der Waals surface area contributed by atoms with Crippen molar-refractivity contribution in [2.24, 2.45) is 0 Å². The fourth-order valence-corrected chi connectivity index (χ4v) is 3.17. The molecule has 7 nitrogen and oxygen atoms in total. The second kappa shape index (κ2) is 8.23. The van der Waals surface area contributed by atoms with Crippen molar-refractivity contribution in [3.63, 3.8) is 0 Å². The Kier molecular flexibility index (Phi) is 5.31. The Morgan fingerprint density at radius 2 is 1.74 bits per heavy atom. The van der Waals surface area contributed by atoms with E-state index in [9.17, 15) is 13.6 Å². The zero-order valence-corrected chi connectivity index (χ0v) is 16.1. The van der Waals surface area contributed by atoms with E-state index in [-0.39, 0.29) is 34.9 Å². The summed E-state index contributed by atoms with van der Waals surface area (Å²) in [6, 6.07) is 9.54. The lowest BCUT2D eigenvalue weighted by Gasteiger charge is -2.11. The van der Waals surface area contributed by atoms with Gasteiger partial charge in [-0.25, -0.2) is 23.7 Å². The number of nitrogens with two attached hydrogens (primary N) is 2. The molecule has 31 heavy (non-hydrogen) atoms. The molecule has 154 valence electrons. The number of carbonyl (C=O) groups excluding carboxylic acids is 1. The number of Topliss-reactive ketones (excluding diaryl/α,β-unsaturated/α-hetero) is 1. The van der Waals surface area contributed by atoms with Crippen LogP contribution in [0.25, 0.3) is 22.5 Å². The molecular formula is C22H16F2N6O. The van der Waals surface area contributed by atoms with E-state index in [1.807, 2.05) is 0 Å². The fraction of sp³-hybridized carbons (Fsp3) is 0.0455. The maximum absolute atomic E-state index is 14.2. The van der Waals surface area contributed by atoms with Gasteiger partial charge in [-0.2, -0.15) is 0 Å². The van der Waals surface area contributed by atoms with Gasteiger partial charge in [-0.05, 0) is 35.9 Å². The van der Waals surface area contributed by atoms with E-state index in [0.29, 0.717) is 16.8 Å². The monoisotopic (exact) mass is 418 g/mol. The lowest BCUT2D eigenvalue weighted by Crippen LogP contribution is -2.11. The Hall–Kier alpha value is -4.27. The van der Waals surface area contributed by atoms with Gasteiger partial charge in [0.05, 0.1) is 22.6 Å². The third-order valence-electron chi connectivity index (χ3n) is 4.63. The van der Waals surface area contributed by atoms with Crippen LogP contribution in [0.2, 0.25) is 0 Å². The summed E-state index contributed by atoms with van der Waals surface area (Å²) in [7, 11) is 0. The van der Waals surface area contributed by atoms with Crippen molar-refractivity contribution in [1.82, 2.24) is 19.9 Å². The maximum atomic E-state index is 14.2. The van der Waals surface area contributed by atoms with Gasteiger partial charge in [0.15, 0.2) is 5.78 Å². The molecule has 0 aliphatic carbocycles. The molecule has 0 fully saturated rings. The second-order valence-electron chi connectivity index (χ2n) is 6.69. The molecule has 0 aliphatic rings. The van der Waals surface area contributed by atoms with Crippen LogP contribution in [0, 0.1) is 11.6 Å². The molecule has 0 saturated heterocycles. The summed E-state index contributed by atoms with van der Waals surface area (Å²) in [5.41, 5.74) is 13.1. The molecule has 3 aromatic heterocycles. The van der Waals surface area contributed by atoms with Gasteiger partial charge in [0, 0.05) is 30.4 Å². The van der Waals surface area contributed by atoms with Gasteiger partial charge in [0.1, 0.15) is 29.5 Å². The predicted molar refractivity (Wildman–Crippen MR) is 112 cm³/mol. The second-order valence-corrected chi connectivity index (χ2v) is 6.69. The molecule has 1 aromatic carbocycles. The average Bonchev–Trinajstić information content (AvgIpc) is 2.75. The Bertz CT molecular complexity index is 1270. The van der Waals surface area contributed by atoms with E-state index in [1.165, 1.54) is 30.7 Å². The lowest BCUT2D eigenvalue weighted by molar-refractivity contribution is 0.0989. The number of hydrogen-bond donors (Lipinski definition) is 2. The van der Waals surface area contributed by atoms with Crippen molar-refractivity contribution in [1.29, 1.82) is 0 Å². The van der Waals surface area contributed by atoms with Gasteiger partial charge in [0.2, 0.25) is 0 Å². The normalized spacial score (nSPS) is 10.8. The number of aromatic nitrogens is 4. The van der Waals surface area contributed by atoms with Crippen LogP contribution in [-0.4, -0.2) is 25.7 Å². The first-order chi connectivity index (χ1) is 14.9. The summed E-state index contributed by atoms with van der Waals surface area (Å²) < 4.78 is 28.3. The highest BCUT2D eigenvalue weighted by Gasteiger charge is 2.19. The average molecular weight is 418 g/mol. The van der Waals surface area contributed by atoms with Crippen LogP contribution in [0.4, 0.5) is 20.3 Å². The minimum atomic E-state index is -0.786. The lowest BCUT2D eigenvalue weighted by atomic mass is 9.99. The SMILES string of the molecule is Nc1cc(-c2ccncc2CC(=O)c2nc(-c3c(F)cccc3F)ccc2N)ncn1. The third-order valence-corrected chi connectivity index (χ3v) is 4.63. The van der Waals surface area contributed by atoms with Gasteiger partial charge in [-0.15, -0.1) is 0 Å². The number of carbonyl (C=O) groups is 1. The Morgan fingerprint density at radius 1 is 0.968 bits per heavy atom. The summed E-state index contributed by atoms with van der Waals surface area (Å²) >= 11 is 0. The molecule has 0 radical (unpaired) electrons. The van der Waals surface area contributed by atoms with Crippen LogP contribution in [0.1, 0.15) is 16.1 Å². The van der Waals surface area contributed by atoms with Crippen LogP contribution in [0.15, 0.2) is 61.2 Å². The molecule has 3 heterocycles. The topological polar surface area (TPSA) is 121 Å². The molecule has 0 spiro atoms. The van der Waals surface area contributed by atoms with Gasteiger partial charge in [0.25, 0.3) is 0 Å². The molecule has 4 aromatic rings. The van der Waals surface area contributed by atoms with Crippen molar-refractivity contribution >= 4 is 17.3 Å². The van der Waals surface area contributed by atoms with E-state index >= 15 is 0 Å². The molecule has 0 bridgehead atoms. The van der Waals surface area contributed by atoms with Gasteiger partial charge >= 0.3 is 0 Å². The smallest absolute Gasteiger partial charge is 0.187 e. The summed E-state index contributed by atoms with van der Waals surface area (Å²) in [6.45, 7) is 0. The highest BCUT2D eigenvalue weighted by Crippen LogP contribution is 2.28. The number of rotatable bonds is 5. The molecule has 0 saturated carbocycles. The Morgan fingerprint density at radius 3 is 2.48 bits per heavy atom. The zero-order valence-electron chi connectivity index (χ0n) is 16.1. The molecule has 9 heteroatoms. The van der Waals surface area contributed by atoms with Crippen molar-refractivity contribution < 1.29 is 13.6 Å². The quantitative estimate of drug-likeness (QED) is 0.476. The largest absolute Gasteiger partial charge is 0.397 e. The summed E-state index contributed by atoms with van der Waals surface area (Å²) in [5.74, 6) is -1.73. The first kappa shape index (κ1) is 20.0. The Labute approximate surface area is 175 Å². The molecule has 0 atom stereocenters. The van der Waals surface area contributed by atoms with E-state index in [0.717, 1.165) is 12.1 Å². The number of nitrogen functional groups attached to an aromatic ring is 2. The summed E-state index contributed by atoms with van der Waals surface area (Å²) in [6.07, 6.45) is 4.31. The number of ketones is 1. The highest BCUT2D eigenvalue weighted by atomic mass is 19.1. The van der Waals surface area contributed by atoms with E-state index in [1.54, 1.807) is 18.3 Å². The van der Waals surface area contributed by atoms with Gasteiger partial charge < -0.3 is 11.5 Å². The first-order valence-corrected chi connectivity index (χ1v) is 9.19. The van der Waals surface area contributed by atoms with E-state index in [4.69, 9.17) is 11.5 Å². The van der Waals surface area contributed by atoms with Crippen molar-refractivity contribution in [3.8, 4) is 22.5 Å². The van der Waals surface area contributed by atoms with Crippen molar-refractivity contribution in [3.05, 3.63) is 84.1 Å². The minimum Gasteiger partial charge on any atom is -0.397 e. The molecule has 4 rings (SSSR count). The molecule has 4 N–H and O–H groups in total. The maximum Gasteiger partial charge on any atom is 0.187 e. The van der Waals surface area contributed by atoms with E-state index < -0.39 is 17.4 Å². The predicted octanol–water partition coefficient (Wildman–Crippen LogP) is 3.47. The number of halogens is 2. The van der Waals surface area contributed by atoms with Crippen molar-refractivity contribution in [2.45, 2.75) is 6.42 Å². The van der Waals surface area contributed by atoms with Crippen LogP contribution in [-0.2, 0) is 6.42 Å². The van der Waals surface area contributed by atoms with Crippen LogP contribution < -0.4 is 11.5 Å². The fourth-order valence-electron chi connectivity index (χ4n) is 3.17. The van der Waals surface area contributed by atoms with Crippen molar-refractivity contribution in [2.75, 3.05) is 11.5 Å². The minimum absolute atomic E-state index is 0.0249. The summed E-state index contributed by atoms with van der Waals surface area (Å²) in [5, 5.41) is 0. The van der Waals surface area contributed by atoms with Crippen LogP contribution in [0.3, 0.4) is 0 Å². The third kappa shape index (κ3) is 4.06. The number of hydrogen-bond acceptors (Lipinski definition) is 7. The molecule has 0 unspecified atom stereocenters. The van der Waals surface area contributed by atoms with E-state index in [2.05, 4.69) is 19.9 Å². The highest BCUT2D eigenvalue weighted by molar-refractivity contribution is 6.01.